The highest BCUT2D eigenvalue weighted by molar-refractivity contribution is 6.29. The molecule has 2 aromatic rings. The molecule has 0 radical (unpaired) electrons. The predicted octanol–water partition coefficient (Wildman–Crippen LogP) is 2.85. The largest absolute Gasteiger partial charge is 0.347 e. The van der Waals surface area contributed by atoms with Gasteiger partial charge in [0.1, 0.15) is 11.0 Å². The molecule has 6 heteroatoms. The number of imidazole rings is 1. The van der Waals surface area contributed by atoms with Gasteiger partial charge >= 0.3 is 0 Å². The fourth-order valence-electron chi connectivity index (χ4n) is 1.84. The van der Waals surface area contributed by atoms with Crippen LogP contribution < -0.4 is 0 Å². The number of amides is 1. The molecule has 5 nitrogen and oxygen atoms in total. The SMILES string of the molecule is CC(C)c1cc(C(=O)N(C)Cc2ncc[nH]2)cc(Cl)n1. The van der Waals surface area contributed by atoms with Gasteiger partial charge in [-0.3, -0.25) is 4.79 Å². The van der Waals surface area contributed by atoms with Gasteiger partial charge in [0, 0.05) is 30.7 Å². The average Bonchev–Trinajstić information content (AvgIpc) is 2.89. The zero-order valence-corrected chi connectivity index (χ0v) is 12.5. The van der Waals surface area contributed by atoms with E-state index in [4.69, 9.17) is 11.6 Å². The minimum absolute atomic E-state index is 0.104. The van der Waals surface area contributed by atoms with Crippen molar-refractivity contribution < 1.29 is 4.79 Å². The molecule has 0 spiro atoms. The monoisotopic (exact) mass is 292 g/mol. The van der Waals surface area contributed by atoms with Crippen LogP contribution in [-0.4, -0.2) is 32.8 Å². The third-order valence-electron chi connectivity index (χ3n) is 2.94. The Labute approximate surface area is 123 Å². The number of hydrogen-bond donors (Lipinski definition) is 1. The Bertz CT molecular complexity index is 595. The molecule has 0 bridgehead atoms. The van der Waals surface area contributed by atoms with E-state index in [0.29, 0.717) is 17.3 Å². The normalized spacial score (nSPS) is 10.8. The summed E-state index contributed by atoms with van der Waals surface area (Å²) in [4.78, 5) is 25.3. The van der Waals surface area contributed by atoms with Gasteiger partial charge in [-0.1, -0.05) is 25.4 Å². The number of carbonyl (C=O) groups excluding carboxylic acids is 1. The molecule has 0 saturated carbocycles. The summed E-state index contributed by atoms with van der Waals surface area (Å²) < 4.78 is 0. The second-order valence-corrected chi connectivity index (χ2v) is 5.34. The third-order valence-corrected chi connectivity index (χ3v) is 3.13. The lowest BCUT2D eigenvalue weighted by molar-refractivity contribution is 0.0781. The van der Waals surface area contributed by atoms with E-state index in [1.807, 2.05) is 13.8 Å². The number of carbonyl (C=O) groups is 1. The van der Waals surface area contributed by atoms with Crippen molar-refractivity contribution in [3.05, 3.63) is 46.8 Å². The van der Waals surface area contributed by atoms with Crippen molar-refractivity contribution >= 4 is 17.5 Å². The van der Waals surface area contributed by atoms with Gasteiger partial charge in [-0.25, -0.2) is 9.97 Å². The smallest absolute Gasteiger partial charge is 0.254 e. The van der Waals surface area contributed by atoms with Crippen molar-refractivity contribution in [3.8, 4) is 0 Å². The summed E-state index contributed by atoms with van der Waals surface area (Å²) in [5.41, 5.74) is 1.36. The van der Waals surface area contributed by atoms with Crippen LogP contribution in [0.5, 0.6) is 0 Å². The minimum atomic E-state index is -0.104. The zero-order valence-electron chi connectivity index (χ0n) is 11.7. The third kappa shape index (κ3) is 3.36. The van der Waals surface area contributed by atoms with Crippen molar-refractivity contribution in [1.82, 2.24) is 19.9 Å². The van der Waals surface area contributed by atoms with Crippen LogP contribution in [0.25, 0.3) is 0 Å². The molecule has 2 aromatic heterocycles. The number of rotatable bonds is 4. The number of pyridine rings is 1. The zero-order chi connectivity index (χ0) is 14.7. The molecule has 1 N–H and O–H groups in total. The Kier molecular flexibility index (Phi) is 4.39. The van der Waals surface area contributed by atoms with Crippen molar-refractivity contribution in [3.63, 3.8) is 0 Å². The first-order valence-electron chi connectivity index (χ1n) is 6.38. The Morgan fingerprint density at radius 3 is 2.80 bits per heavy atom. The summed E-state index contributed by atoms with van der Waals surface area (Å²) in [6.07, 6.45) is 3.39. The summed E-state index contributed by atoms with van der Waals surface area (Å²) >= 11 is 5.99. The van der Waals surface area contributed by atoms with Crippen LogP contribution in [0.2, 0.25) is 5.15 Å². The number of halogens is 1. The standard InChI is InChI=1S/C14H17ClN4O/c1-9(2)11-6-10(7-12(15)18-11)14(20)19(3)8-13-16-4-5-17-13/h4-7,9H,8H2,1-3H3,(H,16,17). The first kappa shape index (κ1) is 14.5. The maximum Gasteiger partial charge on any atom is 0.254 e. The summed E-state index contributed by atoms with van der Waals surface area (Å²) in [7, 11) is 1.73. The van der Waals surface area contributed by atoms with Gasteiger partial charge in [-0.05, 0) is 18.1 Å². The van der Waals surface area contributed by atoms with Gasteiger partial charge in [-0.15, -0.1) is 0 Å². The molecule has 0 aliphatic rings. The second kappa shape index (κ2) is 6.05. The van der Waals surface area contributed by atoms with E-state index in [2.05, 4.69) is 15.0 Å². The molecule has 0 aromatic carbocycles. The molecule has 0 fully saturated rings. The van der Waals surface area contributed by atoms with Crippen molar-refractivity contribution in [2.75, 3.05) is 7.05 Å². The van der Waals surface area contributed by atoms with Gasteiger partial charge in [0.15, 0.2) is 0 Å². The van der Waals surface area contributed by atoms with E-state index in [1.165, 1.54) is 0 Å². The Morgan fingerprint density at radius 2 is 2.20 bits per heavy atom. The molecular weight excluding hydrogens is 276 g/mol. The van der Waals surface area contributed by atoms with Gasteiger partial charge in [-0.2, -0.15) is 0 Å². The summed E-state index contributed by atoms with van der Waals surface area (Å²) in [6.45, 7) is 4.45. The molecular formula is C14H17ClN4O. The van der Waals surface area contributed by atoms with Crippen molar-refractivity contribution in [1.29, 1.82) is 0 Å². The second-order valence-electron chi connectivity index (χ2n) is 4.96. The van der Waals surface area contributed by atoms with Crippen LogP contribution in [0.4, 0.5) is 0 Å². The fourth-order valence-corrected chi connectivity index (χ4v) is 2.05. The van der Waals surface area contributed by atoms with Crippen LogP contribution in [-0.2, 0) is 6.54 Å². The number of nitrogens with one attached hydrogen (secondary N) is 1. The highest BCUT2D eigenvalue weighted by Gasteiger charge is 2.16. The maximum absolute atomic E-state index is 12.4. The number of H-pyrrole nitrogens is 1. The molecule has 0 aliphatic heterocycles. The quantitative estimate of drug-likeness (QED) is 0.882. The molecule has 1 amide bonds. The van der Waals surface area contributed by atoms with Gasteiger partial charge in [0.05, 0.1) is 6.54 Å². The Hall–Kier alpha value is -1.88. The fraction of sp³-hybridized carbons (Fsp3) is 0.357. The summed E-state index contributed by atoms with van der Waals surface area (Å²) in [5, 5.41) is 0.339. The van der Waals surface area contributed by atoms with E-state index in [9.17, 15) is 4.79 Å². The Morgan fingerprint density at radius 1 is 1.45 bits per heavy atom. The van der Waals surface area contributed by atoms with Crippen LogP contribution >= 0.6 is 11.6 Å². The average molecular weight is 293 g/mol. The summed E-state index contributed by atoms with van der Waals surface area (Å²) in [5.74, 6) is 0.855. The van der Waals surface area contributed by atoms with E-state index >= 15 is 0 Å². The van der Waals surface area contributed by atoms with Crippen LogP contribution in [0, 0.1) is 0 Å². The molecule has 0 aliphatic carbocycles. The molecule has 2 heterocycles. The first-order chi connectivity index (χ1) is 9.47. The predicted molar refractivity (Wildman–Crippen MR) is 77.7 cm³/mol. The van der Waals surface area contributed by atoms with Crippen LogP contribution in [0.1, 0.15) is 41.6 Å². The highest BCUT2D eigenvalue weighted by atomic mass is 35.5. The number of aromatic amines is 1. The van der Waals surface area contributed by atoms with Crippen LogP contribution in [0.15, 0.2) is 24.5 Å². The lowest BCUT2D eigenvalue weighted by Gasteiger charge is -2.17. The molecule has 0 atom stereocenters. The molecule has 2 rings (SSSR count). The van der Waals surface area contributed by atoms with Gasteiger partial charge in [0.2, 0.25) is 0 Å². The van der Waals surface area contributed by atoms with E-state index < -0.39 is 0 Å². The Balaban J connectivity index is 2.19. The van der Waals surface area contributed by atoms with E-state index in [1.54, 1.807) is 36.5 Å². The lowest BCUT2D eigenvalue weighted by atomic mass is 10.1. The van der Waals surface area contributed by atoms with Gasteiger partial charge < -0.3 is 9.88 Å². The molecule has 0 unspecified atom stereocenters. The molecule has 106 valence electrons. The van der Waals surface area contributed by atoms with Crippen LogP contribution in [0.3, 0.4) is 0 Å². The minimum Gasteiger partial charge on any atom is -0.347 e. The lowest BCUT2D eigenvalue weighted by Crippen LogP contribution is -2.27. The summed E-state index contributed by atoms with van der Waals surface area (Å²) in [6, 6.07) is 3.38. The highest BCUT2D eigenvalue weighted by Crippen LogP contribution is 2.19. The topological polar surface area (TPSA) is 61.9 Å². The van der Waals surface area contributed by atoms with Gasteiger partial charge in [0.25, 0.3) is 5.91 Å². The number of aromatic nitrogens is 3. The number of hydrogen-bond acceptors (Lipinski definition) is 3. The van der Waals surface area contributed by atoms with Crippen molar-refractivity contribution in [2.45, 2.75) is 26.3 Å². The van der Waals surface area contributed by atoms with E-state index in [0.717, 1.165) is 11.5 Å². The first-order valence-corrected chi connectivity index (χ1v) is 6.76. The maximum atomic E-state index is 12.4. The van der Waals surface area contributed by atoms with Crippen molar-refractivity contribution in [2.24, 2.45) is 0 Å². The molecule has 0 saturated heterocycles. The number of nitrogens with zero attached hydrogens (tertiary/aromatic N) is 3. The molecule has 20 heavy (non-hydrogen) atoms. The van der Waals surface area contributed by atoms with E-state index in [-0.39, 0.29) is 11.8 Å².